The van der Waals surface area contributed by atoms with E-state index in [0.29, 0.717) is 16.3 Å². The first-order valence-corrected chi connectivity index (χ1v) is 7.12. The number of benzene rings is 1. The summed E-state index contributed by atoms with van der Waals surface area (Å²) in [6, 6.07) is 5.09. The monoisotopic (exact) mass is 333 g/mol. The van der Waals surface area contributed by atoms with Crippen molar-refractivity contribution >= 4 is 17.0 Å². The molecule has 0 spiro atoms. The Morgan fingerprint density at radius 1 is 1.22 bits per heavy atom. The molecule has 2 heterocycles. The number of nitrogens with zero attached hydrogens (tertiary/aromatic N) is 3. The molecule has 0 atom stereocenters. The molecule has 116 valence electrons. The quantitative estimate of drug-likeness (QED) is 0.329. The highest BCUT2D eigenvalue weighted by Gasteiger charge is 2.20. The molecular weight excluding hydrogens is 325 g/mol. The number of rotatable bonds is 3. The minimum Gasteiger partial charge on any atom is -0.504 e. The Morgan fingerprint density at radius 2 is 2.00 bits per heavy atom. The number of thiazole rings is 1. The van der Waals surface area contributed by atoms with Crippen LogP contribution < -0.4 is 0 Å². The number of aromatic hydroxyl groups is 2. The smallest absolute Gasteiger partial charge is 0.315 e. The van der Waals surface area contributed by atoms with Crippen LogP contribution in [-0.2, 0) is 0 Å². The Kier molecular flexibility index (Phi) is 3.62. The average molecular weight is 333 g/mol. The van der Waals surface area contributed by atoms with Gasteiger partial charge in [-0.3, -0.25) is 10.1 Å². The van der Waals surface area contributed by atoms with Crippen LogP contribution >= 0.6 is 11.3 Å². The molecule has 0 aliphatic rings. The van der Waals surface area contributed by atoms with E-state index in [1.54, 1.807) is 11.4 Å². The molecule has 3 aromatic rings. The van der Waals surface area contributed by atoms with Gasteiger partial charge >= 0.3 is 5.69 Å². The van der Waals surface area contributed by atoms with Gasteiger partial charge < -0.3 is 10.2 Å². The molecule has 0 radical (unpaired) electrons. The highest BCUT2D eigenvalue weighted by Crippen LogP contribution is 2.40. The van der Waals surface area contributed by atoms with E-state index in [4.69, 9.17) is 0 Å². The number of phenolic OH excluding ortho intramolecular Hbond substituents is 2. The van der Waals surface area contributed by atoms with Crippen LogP contribution in [0, 0.1) is 16.1 Å². The fourth-order valence-corrected chi connectivity index (χ4v) is 2.79. The van der Waals surface area contributed by atoms with Gasteiger partial charge in [0.05, 0.1) is 10.6 Å². The van der Waals surface area contributed by atoms with Gasteiger partial charge in [-0.05, 0) is 12.1 Å². The number of pyridine rings is 1. The van der Waals surface area contributed by atoms with Crippen molar-refractivity contribution in [1.82, 2.24) is 9.97 Å². The van der Waals surface area contributed by atoms with Crippen molar-refractivity contribution in [2.24, 2.45) is 0 Å². The van der Waals surface area contributed by atoms with E-state index in [0.717, 1.165) is 6.07 Å². The van der Waals surface area contributed by atoms with E-state index < -0.39 is 28.1 Å². The zero-order valence-electron chi connectivity index (χ0n) is 11.3. The standard InChI is InChI=1S/C14H8FN3O4S/c15-12-5-7(1-2-16-12)14-17-9(6-23-14)8-3-10(18(21)22)13(20)11(19)4-8/h1-6,19-20H. The molecular formula is C14H8FN3O4S. The SMILES string of the molecule is O=[N+]([O-])c1cc(-c2csc(-c3ccnc(F)c3)n2)cc(O)c1O. The summed E-state index contributed by atoms with van der Waals surface area (Å²) in [4.78, 5) is 17.8. The normalized spacial score (nSPS) is 10.7. The largest absolute Gasteiger partial charge is 0.504 e. The van der Waals surface area contributed by atoms with Gasteiger partial charge in [0, 0.05) is 34.8 Å². The van der Waals surface area contributed by atoms with E-state index in [1.165, 1.54) is 29.7 Å². The van der Waals surface area contributed by atoms with Crippen molar-refractivity contribution in [3.05, 3.63) is 51.9 Å². The van der Waals surface area contributed by atoms with Crippen LogP contribution in [0.3, 0.4) is 0 Å². The third-order valence-corrected chi connectivity index (χ3v) is 3.93. The molecule has 7 nitrogen and oxygen atoms in total. The summed E-state index contributed by atoms with van der Waals surface area (Å²) < 4.78 is 13.2. The van der Waals surface area contributed by atoms with Crippen molar-refractivity contribution in [3.8, 4) is 33.3 Å². The van der Waals surface area contributed by atoms with Gasteiger partial charge in [-0.2, -0.15) is 4.39 Å². The van der Waals surface area contributed by atoms with E-state index >= 15 is 0 Å². The van der Waals surface area contributed by atoms with Crippen LogP contribution in [0.1, 0.15) is 0 Å². The molecule has 0 saturated carbocycles. The molecule has 0 fully saturated rings. The number of nitro groups is 1. The zero-order chi connectivity index (χ0) is 16.6. The maximum absolute atomic E-state index is 13.2. The molecule has 0 saturated heterocycles. The van der Waals surface area contributed by atoms with Crippen LogP contribution in [0.15, 0.2) is 35.8 Å². The zero-order valence-corrected chi connectivity index (χ0v) is 12.1. The molecule has 1 aromatic carbocycles. The number of halogens is 1. The van der Waals surface area contributed by atoms with Crippen LogP contribution in [0.5, 0.6) is 11.5 Å². The molecule has 2 aromatic heterocycles. The summed E-state index contributed by atoms with van der Waals surface area (Å²) in [7, 11) is 0. The topological polar surface area (TPSA) is 109 Å². The predicted octanol–water partition coefficient (Wildman–Crippen LogP) is 3.33. The Morgan fingerprint density at radius 3 is 2.70 bits per heavy atom. The van der Waals surface area contributed by atoms with Crippen molar-refractivity contribution in [2.75, 3.05) is 0 Å². The number of nitro benzene ring substituents is 1. The van der Waals surface area contributed by atoms with Crippen molar-refractivity contribution < 1.29 is 19.5 Å². The number of hydrogen-bond acceptors (Lipinski definition) is 7. The van der Waals surface area contributed by atoms with Crippen molar-refractivity contribution in [2.45, 2.75) is 0 Å². The molecule has 23 heavy (non-hydrogen) atoms. The Hall–Kier alpha value is -3.07. The Balaban J connectivity index is 2.06. The van der Waals surface area contributed by atoms with Gasteiger partial charge in [-0.1, -0.05) is 0 Å². The van der Waals surface area contributed by atoms with Gasteiger partial charge in [0.2, 0.25) is 11.7 Å². The summed E-state index contributed by atoms with van der Waals surface area (Å²) in [6.45, 7) is 0. The first-order chi connectivity index (χ1) is 11.0. The molecule has 0 bridgehead atoms. The maximum Gasteiger partial charge on any atom is 0.315 e. The van der Waals surface area contributed by atoms with Crippen LogP contribution in [0.25, 0.3) is 21.8 Å². The van der Waals surface area contributed by atoms with E-state index in [9.17, 15) is 24.7 Å². The van der Waals surface area contributed by atoms with Crippen molar-refractivity contribution in [3.63, 3.8) is 0 Å². The summed E-state index contributed by atoms with van der Waals surface area (Å²) in [5, 5.41) is 32.1. The second kappa shape index (κ2) is 5.61. The van der Waals surface area contributed by atoms with Gasteiger partial charge in [-0.15, -0.1) is 11.3 Å². The van der Waals surface area contributed by atoms with Crippen LogP contribution in [-0.4, -0.2) is 25.1 Å². The molecule has 0 amide bonds. The summed E-state index contributed by atoms with van der Waals surface area (Å²) in [5.74, 6) is -2.05. The van der Waals surface area contributed by atoms with E-state index in [1.807, 2.05) is 0 Å². The second-order valence-electron chi connectivity index (χ2n) is 4.53. The maximum atomic E-state index is 13.2. The Labute approximate surface area is 132 Å². The first kappa shape index (κ1) is 14.9. The van der Waals surface area contributed by atoms with E-state index in [2.05, 4.69) is 9.97 Å². The molecule has 0 aliphatic carbocycles. The van der Waals surface area contributed by atoms with Crippen molar-refractivity contribution in [1.29, 1.82) is 0 Å². The fourth-order valence-electron chi connectivity index (χ4n) is 1.97. The number of hydrogen-bond donors (Lipinski definition) is 2. The molecule has 0 aliphatic heterocycles. The molecule has 9 heteroatoms. The Bertz CT molecular complexity index is 913. The molecule has 0 unspecified atom stereocenters. The minimum atomic E-state index is -0.802. The van der Waals surface area contributed by atoms with Gasteiger partial charge in [0.25, 0.3) is 0 Å². The lowest BCUT2D eigenvalue weighted by Crippen LogP contribution is -1.90. The fraction of sp³-hybridized carbons (Fsp3) is 0. The second-order valence-corrected chi connectivity index (χ2v) is 5.38. The lowest BCUT2D eigenvalue weighted by Gasteiger charge is -2.02. The van der Waals surface area contributed by atoms with Crippen LogP contribution in [0.4, 0.5) is 10.1 Å². The highest BCUT2D eigenvalue weighted by molar-refractivity contribution is 7.13. The lowest BCUT2D eigenvalue weighted by molar-refractivity contribution is -0.385. The summed E-state index contributed by atoms with van der Waals surface area (Å²) in [5.41, 5.74) is 0.528. The minimum absolute atomic E-state index is 0.268. The van der Waals surface area contributed by atoms with Gasteiger partial charge in [0.1, 0.15) is 5.01 Å². The molecule has 3 rings (SSSR count). The molecule has 2 N–H and O–H groups in total. The highest BCUT2D eigenvalue weighted by atomic mass is 32.1. The van der Waals surface area contributed by atoms with Crippen LogP contribution in [0.2, 0.25) is 0 Å². The van der Waals surface area contributed by atoms with Gasteiger partial charge in [-0.25, -0.2) is 9.97 Å². The third-order valence-electron chi connectivity index (χ3n) is 3.04. The number of aromatic nitrogens is 2. The summed E-state index contributed by atoms with van der Waals surface area (Å²) in [6.07, 6.45) is 1.31. The summed E-state index contributed by atoms with van der Waals surface area (Å²) >= 11 is 1.21. The number of phenols is 2. The average Bonchev–Trinajstić information content (AvgIpc) is 2.99. The lowest BCUT2D eigenvalue weighted by atomic mass is 10.1. The van der Waals surface area contributed by atoms with Gasteiger partial charge in [0.15, 0.2) is 5.75 Å². The predicted molar refractivity (Wildman–Crippen MR) is 80.7 cm³/mol. The first-order valence-electron chi connectivity index (χ1n) is 6.24. The van der Waals surface area contributed by atoms with E-state index in [-0.39, 0.29) is 5.56 Å². The third kappa shape index (κ3) is 2.81.